The molecule has 1 unspecified atom stereocenters. The van der Waals surface area contributed by atoms with Gasteiger partial charge < -0.3 is 15.4 Å². The fourth-order valence-electron chi connectivity index (χ4n) is 2.68. The maximum atomic E-state index is 12.1. The van der Waals surface area contributed by atoms with Crippen LogP contribution < -0.4 is 16.0 Å². The fraction of sp³-hybridized carbons (Fsp3) is 0.769. The van der Waals surface area contributed by atoms with Gasteiger partial charge in [-0.25, -0.2) is 4.79 Å². The van der Waals surface area contributed by atoms with E-state index in [0.717, 1.165) is 19.3 Å². The van der Waals surface area contributed by atoms with Crippen LogP contribution in [-0.4, -0.2) is 44.1 Å². The molecular formula is C13H21N3O4. The standard InChI is InChI=1S/C13H21N3O4/c1-20-8-13(5-2-6-13)7-14-11(18)9-3-4-10(17)16-12(19)15-9/h9H,2-8H2,1H3,(H,14,18)(H2,15,16,17,19). The van der Waals surface area contributed by atoms with Crippen molar-refractivity contribution >= 4 is 17.8 Å². The van der Waals surface area contributed by atoms with Crippen LogP contribution in [-0.2, 0) is 14.3 Å². The number of ether oxygens (including phenoxy) is 1. The van der Waals surface area contributed by atoms with Crippen molar-refractivity contribution < 1.29 is 19.1 Å². The van der Waals surface area contributed by atoms with Crippen molar-refractivity contribution in [1.29, 1.82) is 0 Å². The largest absolute Gasteiger partial charge is 0.384 e. The van der Waals surface area contributed by atoms with Crippen molar-refractivity contribution in [3.05, 3.63) is 0 Å². The van der Waals surface area contributed by atoms with Gasteiger partial charge in [0.2, 0.25) is 11.8 Å². The van der Waals surface area contributed by atoms with Gasteiger partial charge in [-0.1, -0.05) is 6.42 Å². The number of carbonyl (C=O) groups excluding carboxylic acids is 3. The Labute approximate surface area is 117 Å². The first-order chi connectivity index (χ1) is 9.54. The molecule has 112 valence electrons. The lowest BCUT2D eigenvalue weighted by atomic mass is 9.69. The van der Waals surface area contributed by atoms with Gasteiger partial charge in [-0.2, -0.15) is 0 Å². The summed E-state index contributed by atoms with van der Waals surface area (Å²) >= 11 is 0. The molecule has 0 aromatic heterocycles. The maximum Gasteiger partial charge on any atom is 0.322 e. The molecule has 1 saturated carbocycles. The zero-order valence-electron chi connectivity index (χ0n) is 11.7. The monoisotopic (exact) mass is 283 g/mol. The van der Waals surface area contributed by atoms with Crippen LogP contribution in [0.15, 0.2) is 0 Å². The number of rotatable bonds is 5. The molecule has 20 heavy (non-hydrogen) atoms. The van der Waals surface area contributed by atoms with Crippen molar-refractivity contribution in [3.63, 3.8) is 0 Å². The van der Waals surface area contributed by atoms with E-state index in [9.17, 15) is 14.4 Å². The van der Waals surface area contributed by atoms with Crippen LogP contribution in [0.4, 0.5) is 4.79 Å². The summed E-state index contributed by atoms with van der Waals surface area (Å²) in [5, 5.41) is 7.52. The van der Waals surface area contributed by atoms with Gasteiger partial charge in [-0.15, -0.1) is 0 Å². The minimum Gasteiger partial charge on any atom is -0.384 e. The first-order valence-corrected chi connectivity index (χ1v) is 6.92. The van der Waals surface area contributed by atoms with Gasteiger partial charge >= 0.3 is 6.03 Å². The molecule has 7 nitrogen and oxygen atoms in total. The van der Waals surface area contributed by atoms with E-state index in [-0.39, 0.29) is 23.7 Å². The molecule has 0 aromatic carbocycles. The number of carbonyl (C=O) groups is 3. The Morgan fingerprint density at radius 3 is 2.80 bits per heavy atom. The Hall–Kier alpha value is -1.63. The first kappa shape index (κ1) is 14.8. The summed E-state index contributed by atoms with van der Waals surface area (Å²) in [6.45, 7) is 1.18. The summed E-state index contributed by atoms with van der Waals surface area (Å²) in [7, 11) is 1.66. The van der Waals surface area contributed by atoms with E-state index in [2.05, 4.69) is 16.0 Å². The second-order valence-corrected chi connectivity index (χ2v) is 5.62. The van der Waals surface area contributed by atoms with Crippen molar-refractivity contribution in [2.75, 3.05) is 20.3 Å². The molecule has 1 aliphatic heterocycles. The molecule has 0 radical (unpaired) electrons. The van der Waals surface area contributed by atoms with Gasteiger partial charge in [0.25, 0.3) is 0 Å². The van der Waals surface area contributed by atoms with Crippen molar-refractivity contribution in [2.45, 2.75) is 38.1 Å². The predicted octanol–water partition coefficient (Wildman–Crippen LogP) is -0.0925. The van der Waals surface area contributed by atoms with Crippen molar-refractivity contribution in [3.8, 4) is 0 Å². The number of hydrogen-bond donors (Lipinski definition) is 3. The Kier molecular flexibility index (Phi) is 4.59. The number of amides is 4. The van der Waals surface area contributed by atoms with Gasteiger partial charge in [-0.3, -0.25) is 14.9 Å². The van der Waals surface area contributed by atoms with Gasteiger partial charge in [0.15, 0.2) is 0 Å². The summed E-state index contributed by atoms with van der Waals surface area (Å²) < 4.78 is 5.20. The lowest BCUT2D eigenvalue weighted by Crippen LogP contribution is -2.52. The van der Waals surface area contributed by atoms with E-state index in [1.165, 1.54) is 0 Å². The Morgan fingerprint density at radius 1 is 1.45 bits per heavy atom. The van der Waals surface area contributed by atoms with Crippen LogP contribution in [0.2, 0.25) is 0 Å². The highest BCUT2D eigenvalue weighted by Gasteiger charge is 2.38. The number of imide groups is 1. The Bertz CT molecular complexity index is 406. The van der Waals surface area contributed by atoms with Crippen LogP contribution in [0, 0.1) is 5.41 Å². The fourth-order valence-corrected chi connectivity index (χ4v) is 2.68. The molecule has 2 aliphatic rings. The molecule has 7 heteroatoms. The smallest absolute Gasteiger partial charge is 0.322 e. The van der Waals surface area contributed by atoms with E-state index in [4.69, 9.17) is 4.74 Å². The summed E-state index contributed by atoms with van der Waals surface area (Å²) in [5.41, 5.74) is 0.0349. The van der Waals surface area contributed by atoms with Crippen LogP contribution >= 0.6 is 0 Å². The second-order valence-electron chi connectivity index (χ2n) is 5.62. The number of urea groups is 1. The summed E-state index contributed by atoms with van der Waals surface area (Å²) in [5.74, 6) is -0.593. The first-order valence-electron chi connectivity index (χ1n) is 6.92. The van der Waals surface area contributed by atoms with Gasteiger partial charge in [0.05, 0.1) is 6.61 Å². The lowest BCUT2D eigenvalue weighted by Gasteiger charge is -2.41. The summed E-state index contributed by atoms with van der Waals surface area (Å²) in [4.78, 5) is 34.6. The van der Waals surface area contributed by atoms with Crippen LogP contribution in [0.1, 0.15) is 32.1 Å². The third-order valence-corrected chi connectivity index (χ3v) is 4.04. The quantitative estimate of drug-likeness (QED) is 0.657. The van der Waals surface area contributed by atoms with E-state index in [1.807, 2.05) is 0 Å². The molecule has 0 bridgehead atoms. The van der Waals surface area contributed by atoms with Gasteiger partial charge in [0, 0.05) is 25.5 Å². The molecule has 0 aromatic rings. The predicted molar refractivity (Wildman–Crippen MR) is 70.9 cm³/mol. The molecule has 3 N–H and O–H groups in total. The second kappa shape index (κ2) is 6.21. The van der Waals surface area contributed by atoms with E-state index in [1.54, 1.807) is 7.11 Å². The summed E-state index contributed by atoms with van der Waals surface area (Å²) in [6, 6.07) is -1.26. The third kappa shape index (κ3) is 3.47. The average molecular weight is 283 g/mol. The molecular weight excluding hydrogens is 262 g/mol. The molecule has 1 atom stereocenters. The SMILES string of the molecule is COCC1(CNC(=O)C2CCC(=O)NC(=O)N2)CCC1. The zero-order chi connectivity index (χ0) is 14.6. The van der Waals surface area contributed by atoms with E-state index >= 15 is 0 Å². The number of hydrogen-bond acceptors (Lipinski definition) is 4. The van der Waals surface area contributed by atoms with Crippen LogP contribution in [0.25, 0.3) is 0 Å². The maximum absolute atomic E-state index is 12.1. The minimum atomic E-state index is -0.652. The average Bonchev–Trinajstić information content (AvgIpc) is 2.53. The van der Waals surface area contributed by atoms with E-state index in [0.29, 0.717) is 19.6 Å². The van der Waals surface area contributed by atoms with Gasteiger partial charge in [0.1, 0.15) is 6.04 Å². The highest BCUT2D eigenvalue weighted by molar-refractivity contribution is 5.98. The molecule has 0 spiro atoms. The molecule has 1 saturated heterocycles. The molecule has 1 aliphatic carbocycles. The molecule has 2 rings (SSSR count). The number of nitrogens with one attached hydrogen (secondary N) is 3. The summed E-state index contributed by atoms with van der Waals surface area (Å²) in [6.07, 6.45) is 3.72. The lowest BCUT2D eigenvalue weighted by molar-refractivity contribution is -0.124. The third-order valence-electron chi connectivity index (χ3n) is 4.04. The minimum absolute atomic E-state index is 0.0349. The van der Waals surface area contributed by atoms with Crippen LogP contribution in [0.5, 0.6) is 0 Å². The molecule has 1 heterocycles. The van der Waals surface area contributed by atoms with Crippen molar-refractivity contribution in [2.24, 2.45) is 5.41 Å². The molecule has 4 amide bonds. The van der Waals surface area contributed by atoms with Crippen LogP contribution in [0.3, 0.4) is 0 Å². The highest BCUT2D eigenvalue weighted by atomic mass is 16.5. The van der Waals surface area contributed by atoms with E-state index < -0.39 is 12.1 Å². The molecule has 2 fully saturated rings. The normalized spacial score (nSPS) is 24.9. The highest BCUT2D eigenvalue weighted by Crippen LogP contribution is 2.40. The number of methoxy groups -OCH3 is 1. The zero-order valence-corrected chi connectivity index (χ0v) is 11.7. The Morgan fingerprint density at radius 2 is 2.20 bits per heavy atom. The van der Waals surface area contributed by atoms with Gasteiger partial charge in [-0.05, 0) is 19.3 Å². The topological polar surface area (TPSA) is 96.5 Å². The Balaban J connectivity index is 1.84. The van der Waals surface area contributed by atoms with Crippen molar-refractivity contribution in [1.82, 2.24) is 16.0 Å².